The van der Waals surface area contributed by atoms with Gasteiger partial charge >= 0.3 is 0 Å². The molecule has 2 amide bonds. The van der Waals surface area contributed by atoms with E-state index < -0.39 is 0 Å². The molecule has 4 aliphatic carbocycles. The molecule has 2 aromatic rings. The molecule has 6 nitrogen and oxygen atoms in total. The molecule has 2 bridgehead atoms. The highest BCUT2D eigenvalue weighted by molar-refractivity contribution is 6.06. The average Bonchev–Trinajstić information content (AvgIpc) is 3.62. The summed E-state index contributed by atoms with van der Waals surface area (Å²) < 4.78 is 11.7. The number of carbonyl (C=O) groups is 2. The maximum Gasteiger partial charge on any atom is 0.254 e. The highest BCUT2D eigenvalue weighted by atomic mass is 16.5. The number of amides is 2. The van der Waals surface area contributed by atoms with E-state index in [1.807, 2.05) is 55.5 Å². The lowest BCUT2D eigenvalue weighted by molar-refractivity contribution is -0.140. The summed E-state index contributed by atoms with van der Waals surface area (Å²) in [6.45, 7) is 2.84. The molecule has 168 valence electrons. The van der Waals surface area contributed by atoms with Gasteiger partial charge in [-0.1, -0.05) is 42.5 Å². The minimum Gasteiger partial charge on any atom is -0.490 e. The Morgan fingerprint density at radius 1 is 0.939 bits per heavy atom. The van der Waals surface area contributed by atoms with E-state index in [0.29, 0.717) is 36.5 Å². The summed E-state index contributed by atoms with van der Waals surface area (Å²) in [5.41, 5.74) is 1.81. The second-order valence-electron chi connectivity index (χ2n) is 9.30. The van der Waals surface area contributed by atoms with E-state index >= 15 is 0 Å². The van der Waals surface area contributed by atoms with Crippen molar-refractivity contribution in [2.75, 3.05) is 6.61 Å². The van der Waals surface area contributed by atoms with Crippen molar-refractivity contribution < 1.29 is 19.1 Å². The molecule has 0 spiro atoms. The lowest BCUT2D eigenvalue weighted by Gasteiger charge is -2.37. The van der Waals surface area contributed by atoms with Crippen molar-refractivity contribution in [1.82, 2.24) is 5.01 Å². The molecule has 1 aliphatic heterocycles. The number of rotatable bonds is 7. The molecule has 6 atom stereocenters. The van der Waals surface area contributed by atoms with Gasteiger partial charge in [0.05, 0.1) is 24.7 Å². The fourth-order valence-electron chi connectivity index (χ4n) is 5.91. The second-order valence-corrected chi connectivity index (χ2v) is 9.30. The Morgan fingerprint density at radius 3 is 2.30 bits per heavy atom. The van der Waals surface area contributed by atoms with Crippen molar-refractivity contribution in [2.45, 2.75) is 20.0 Å². The number of hydrogen-bond acceptors (Lipinski definition) is 5. The third-order valence-electron chi connectivity index (χ3n) is 7.47. The molecule has 33 heavy (non-hydrogen) atoms. The van der Waals surface area contributed by atoms with Gasteiger partial charge in [0, 0.05) is 0 Å². The van der Waals surface area contributed by atoms with Crippen LogP contribution in [-0.2, 0) is 16.2 Å². The maximum atomic E-state index is 13.1. The van der Waals surface area contributed by atoms with Crippen LogP contribution in [0.1, 0.15) is 24.5 Å². The Labute approximate surface area is 192 Å². The summed E-state index contributed by atoms with van der Waals surface area (Å²) in [4.78, 5) is 26.2. The van der Waals surface area contributed by atoms with Crippen LogP contribution < -0.4 is 9.47 Å². The summed E-state index contributed by atoms with van der Waals surface area (Å²) in [5.74, 6) is 2.03. The first-order valence-corrected chi connectivity index (χ1v) is 11.7. The predicted molar refractivity (Wildman–Crippen MR) is 123 cm³/mol. The molecule has 0 radical (unpaired) electrons. The summed E-state index contributed by atoms with van der Waals surface area (Å²) in [7, 11) is 0. The molecule has 3 fully saturated rings. The van der Waals surface area contributed by atoms with Gasteiger partial charge in [-0.05, 0) is 66.3 Å². The van der Waals surface area contributed by atoms with Gasteiger partial charge in [-0.3, -0.25) is 9.59 Å². The van der Waals surface area contributed by atoms with E-state index in [9.17, 15) is 9.59 Å². The van der Waals surface area contributed by atoms with Gasteiger partial charge in [-0.15, -0.1) is 0 Å². The maximum absolute atomic E-state index is 13.1. The van der Waals surface area contributed by atoms with Crippen LogP contribution in [-0.4, -0.2) is 29.6 Å². The molecule has 2 saturated carbocycles. The number of allylic oxidation sites excluding steroid dienone is 2. The van der Waals surface area contributed by atoms with Crippen molar-refractivity contribution in [2.24, 2.45) is 40.6 Å². The van der Waals surface area contributed by atoms with E-state index in [4.69, 9.17) is 9.47 Å². The number of carbonyl (C=O) groups excluding carboxylic acids is 2. The van der Waals surface area contributed by atoms with Crippen LogP contribution in [0.2, 0.25) is 0 Å². The number of imide groups is 1. The minimum absolute atomic E-state index is 0.154. The molecule has 1 heterocycles. The van der Waals surface area contributed by atoms with E-state index in [0.717, 1.165) is 22.6 Å². The number of hydrogen-bond donors (Lipinski definition) is 0. The van der Waals surface area contributed by atoms with E-state index in [-0.39, 0.29) is 35.5 Å². The first-order valence-electron chi connectivity index (χ1n) is 11.7. The Hall–Kier alpha value is -3.41. The molecule has 5 aliphatic rings. The number of ether oxygens (including phenoxy) is 2. The van der Waals surface area contributed by atoms with Crippen molar-refractivity contribution in [3.8, 4) is 11.5 Å². The quantitative estimate of drug-likeness (QED) is 0.369. The fourth-order valence-corrected chi connectivity index (χ4v) is 5.91. The Bertz CT molecular complexity index is 1120. The standard InChI is InChI=1S/C27H26N2O4/c1-2-32-23-12-17(8-11-22(23)33-15-16-6-4-3-5-7-16)14-28-29-26(30)24-18-9-10-19(21-13-20(18)21)25(24)27(29)31/h3-12,14,18-21,24-25H,2,13,15H2,1H3/b28-14-/t18-,19-,20-,21+,24-,25+/m0/s1. The molecular weight excluding hydrogens is 416 g/mol. The summed E-state index contributed by atoms with van der Waals surface area (Å²) in [5, 5.41) is 5.43. The first kappa shape index (κ1) is 20.2. The number of hydrazone groups is 1. The van der Waals surface area contributed by atoms with E-state index in [1.165, 1.54) is 0 Å². The van der Waals surface area contributed by atoms with Crippen LogP contribution >= 0.6 is 0 Å². The van der Waals surface area contributed by atoms with Crippen LogP contribution in [0.25, 0.3) is 0 Å². The van der Waals surface area contributed by atoms with Crippen LogP contribution in [0.4, 0.5) is 0 Å². The van der Waals surface area contributed by atoms with Gasteiger partial charge < -0.3 is 9.47 Å². The van der Waals surface area contributed by atoms with Crippen molar-refractivity contribution in [3.63, 3.8) is 0 Å². The van der Waals surface area contributed by atoms with Crippen molar-refractivity contribution >= 4 is 18.0 Å². The smallest absolute Gasteiger partial charge is 0.254 e. The third kappa shape index (κ3) is 3.36. The van der Waals surface area contributed by atoms with Gasteiger partial charge in [-0.25, -0.2) is 0 Å². The third-order valence-corrected chi connectivity index (χ3v) is 7.47. The van der Waals surface area contributed by atoms with E-state index in [1.54, 1.807) is 6.21 Å². The highest BCUT2D eigenvalue weighted by Gasteiger charge is 2.67. The van der Waals surface area contributed by atoms with Gasteiger partial charge in [-0.2, -0.15) is 10.1 Å². The fraction of sp³-hybridized carbons (Fsp3) is 0.370. The summed E-state index contributed by atoms with van der Waals surface area (Å²) in [6, 6.07) is 15.4. The SMILES string of the molecule is CCOc1cc(/C=N\N2C(=O)[C@@H]3[C@H]4C=C[C@@H]([C@@H]5C[C@H]45)[C@@H]3C2=O)ccc1OCc1ccccc1. The largest absolute Gasteiger partial charge is 0.490 e. The summed E-state index contributed by atoms with van der Waals surface area (Å²) in [6.07, 6.45) is 7.05. The normalized spacial score (nSPS) is 31.1. The van der Waals surface area contributed by atoms with Crippen LogP contribution in [0.15, 0.2) is 65.8 Å². The average molecular weight is 443 g/mol. The lowest BCUT2D eigenvalue weighted by atomic mass is 9.63. The van der Waals surface area contributed by atoms with Gasteiger partial charge in [0.1, 0.15) is 6.61 Å². The molecular formula is C27H26N2O4. The Kier molecular flexibility index (Phi) is 4.82. The summed E-state index contributed by atoms with van der Waals surface area (Å²) >= 11 is 0. The zero-order chi connectivity index (χ0) is 22.5. The molecule has 7 rings (SSSR count). The monoisotopic (exact) mass is 442 g/mol. The van der Waals surface area contributed by atoms with Crippen LogP contribution in [0.3, 0.4) is 0 Å². The zero-order valence-electron chi connectivity index (χ0n) is 18.5. The van der Waals surface area contributed by atoms with Gasteiger partial charge in [0.2, 0.25) is 0 Å². The number of nitrogens with zero attached hydrogens (tertiary/aromatic N) is 2. The molecule has 0 aromatic heterocycles. The second kappa shape index (κ2) is 7.87. The van der Waals surface area contributed by atoms with Crippen LogP contribution in [0, 0.1) is 35.5 Å². The predicted octanol–water partition coefficient (Wildman–Crippen LogP) is 4.05. The first-order chi connectivity index (χ1) is 16.2. The molecule has 0 unspecified atom stereocenters. The Morgan fingerprint density at radius 2 is 1.64 bits per heavy atom. The highest BCUT2D eigenvalue weighted by Crippen LogP contribution is 2.65. The van der Waals surface area contributed by atoms with E-state index in [2.05, 4.69) is 17.3 Å². The topological polar surface area (TPSA) is 68.2 Å². The molecule has 0 N–H and O–H groups in total. The molecule has 6 heteroatoms. The molecule has 2 aromatic carbocycles. The minimum atomic E-state index is -0.235. The Balaban J connectivity index is 1.19. The van der Waals surface area contributed by atoms with Crippen molar-refractivity contribution in [1.29, 1.82) is 0 Å². The van der Waals surface area contributed by atoms with Crippen LogP contribution in [0.5, 0.6) is 11.5 Å². The van der Waals surface area contributed by atoms with Gasteiger partial charge in [0.25, 0.3) is 11.8 Å². The van der Waals surface area contributed by atoms with Gasteiger partial charge in [0.15, 0.2) is 11.5 Å². The van der Waals surface area contributed by atoms with Crippen molar-refractivity contribution in [3.05, 3.63) is 71.8 Å². The molecule has 1 saturated heterocycles. The zero-order valence-corrected chi connectivity index (χ0v) is 18.5. The lowest BCUT2D eigenvalue weighted by Crippen LogP contribution is -2.40. The number of benzene rings is 2.